The Kier molecular flexibility index (Phi) is 5.82. The first-order valence-corrected chi connectivity index (χ1v) is 7.64. The topological polar surface area (TPSA) is 29.1 Å². The number of hydrogen-bond donors (Lipinski definition) is 1. The fraction of sp³-hybridized carbons (Fsp3) is 0.188. The molecule has 0 aliphatic rings. The molecule has 0 spiro atoms. The maximum absolute atomic E-state index is 13.1. The zero-order valence-electron chi connectivity index (χ0n) is 12.2. The summed E-state index contributed by atoms with van der Waals surface area (Å²) in [5.74, 6) is -2.15. The van der Waals surface area contributed by atoms with Crippen molar-refractivity contribution in [3.63, 3.8) is 0 Å². The number of benzene rings is 2. The monoisotopic (exact) mass is 361 g/mol. The minimum absolute atomic E-state index is 0.0345. The van der Waals surface area contributed by atoms with E-state index < -0.39 is 23.0 Å². The maximum Gasteiger partial charge on any atom is 0.446 e. The molecule has 128 valence electrons. The highest BCUT2D eigenvalue weighted by Gasteiger charge is 2.31. The fourth-order valence-electron chi connectivity index (χ4n) is 2.04. The molecule has 0 saturated heterocycles. The number of amides is 1. The molecular formula is C16H12F5NOS. The van der Waals surface area contributed by atoms with Gasteiger partial charge in [0.25, 0.3) is 5.91 Å². The van der Waals surface area contributed by atoms with Crippen LogP contribution in [0.3, 0.4) is 0 Å². The molecule has 24 heavy (non-hydrogen) atoms. The highest BCUT2D eigenvalue weighted by Crippen LogP contribution is 2.38. The van der Waals surface area contributed by atoms with E-state index in [2.05, 4.69) is 5.32 Å². The molecular weight excluding hydrogens is 349 g/mol. The smallest absolute Gasteiger partial charge is 0.352 e. The second-order valence-electron chi connectivity index (χ2n) is 4.83. The molecule has 2 nitrogen and oxygen atoms in total. The highest BCUT2D eigenvalue weighted by molar-refractivity contribution is 8.00. The molecule has 0 aliphatic carbocycles. The number of halogens is 5. The van der Waals surface area contributed by atoms with E-state index in [1.807, 2.05) is 0 Å². The molecule has 0 radical (unpaired) electrons. The summed E-state index contributed by atoms with van der Waals surface area (Å²) in [7, 11) is 0. The quantitative estimate of drug-likeness (QED) is 0.625. The first-order chi connectivity index (χ1) is 11.2. The van der Waals surface area contributed by atoms with Crippen LogP contribution in [0, 0.1) is 11.6 Å². The van der Waals surface area contributed by atoms with E-state index in [1.165, 1.54) is 24.3 Å². The summed E-state index contributed by atoms with van der Waals surface area (Å²) in [5, 5.41) is 2.45. The first kappa shape index (κ1) is 18.3. The van der Waals surface area contributed by atoms with Gasteiger partial charge in [0, 0.05) is 17.5 Å². The number of hydrogen-bond acceptors (Lipinski definition) is 2. The van der Waals surface area contributed by atoms with Gasteiger partial charge in [-0.25, -0.2) is 8.78 Å². The molecule has 2 aromatic rings. The minimum Gasteiger partial charge on any atom is -0.352 e. The van der Waals surface area contributed by atoms with Crippen LogP contribution in [-0.4, -0.2) is 18.0 Å². The lowest BCUT2D eigenvalue weighted by Gasteiger charge is -2.11. The SMILES string of the molecule is O=C(NCCc1cc(F)cc(F)c1)c1ccccc1SC(F)(F)F. The van der Waals surface area contributed by atoms with E-state index in [-0.39, 0.29) is 35.2 Å². The molecule has 2 rings (SSSR count). The molecule has 0 unspecified atom stereocenters. The van der Waals surface area contributed by atoms with Crippen molar-refractivity contribution in [3.8, 4) is 0 Å². The van der Waals surface area contributed by atoms with Gasteiger partial charge < -0.3 is 5.32 Å². The second-order valence-corrected chi connectivity index (χ2v) is 5.93. The van der Waals surface area contributed by atoms with Crippen molar-refractivity contribution < 1.29 is 26.7 Å². The number of thioether (sulfide) groups is 1. The third-order valence-electron chi connectivity index (χ3n) is 2.98. The molecule has 2 aromatic carbocycles. The van der Waals surface area contributed by atoms with E-state index in [1.54, 1.807) is 0 Å². The lowest BCUT2D eigenvalue weighted by atomic mass is 10.1. The number of nitrogens with one attached hydrogen (secondary N) is 1. The fourth-order valence-corrected chi connectivity index (χ4v) is 2.71. The second kappa shape index (κ2) is 7.65. The van der Waals surface area contributed by atoms with Crippen molar-refractivity contribution in [2.75, 3.05) is 6.54 Å². The van der Waals surface area contributed by atoms with E-state index in [0.29, 0.717) is 5.56 Å². The Labute approximate surface area is 139 Å². The van der Waals surface area contributed by atoms with Gasteiger partial charge in [0.1, 0.15) is 11.6 Å². The third-order valence-corrected chi connectivity index (χ3v) is 3.79. The first-order valence-electron chi connectivity index (χ1n) is 6.82. The molecule has 0 bridgehead atoms. The van der Waals surface area contributed by atoms with Gasteiger partial charge in [-0.1, -0.05) is 12.1 Å². The summed E-state index contributed by atoms with van der Waals surface area (Å²) in [4.78, 5) is 11.8. The van der Waals surface area contributed by atoms with Crippen LogP contribution < -0.4 is 5.32 Å². The van der Waals surface area contributed by atoms with Gasteiger partial charge in [0.05, 0.1) is 5.56 Å². The Morgan fingerprint density at radius 2 is 1.67 bits per heavy atom. The Morgan fingerprint density at radius 3 is 2.29 bits per heavy atom. The van der Waals surface area contributed by atoms with Gasteiger partial charge >= 0.3 is 5.51 Å². The number of carbonyl (C=O) groups is 1. The Morgan fingerprint density at radius 1 is 1.04 bits per heavy atom. The summed E-state index contributed by atoms with van der Waals surface area (Å²) in [6.07, 6.45) is 0.148. The van der Waals surface area contributed by atoms with Crippen LogP contribution in [0.25, 0.3) is 0 Å². The standard InChI is InChI=1S/C16H12F5NOS/c17-11-7-10(8-12(18)9-11)5-6-22-15(23)13-3-1-2-4-14(13)24-16(19,20)21/h1-4,7-9H,5-6H2,(H,22,23). The van der Waals surface area contributed by atoms with Gasteiger partial charge in [0.2, 0.25) is 0 Å². The van der Waals surface area contributed by atoms with Gasteiger partial charge in [-0.3, -0.25) is 4.79 Å². The zero-order chi connectivity index (χ0) is 17.7. The van der Waals surface area contributed by atoms with Gasteiger partial charge in [-0.2, -0.15) is 13.2 Å². The average molecular weight is 361 g/mol. The van der Waals surface area contributed by atoms with Gasteiger partial charge in [-0.05, 0) is 48.0 Å². The largest absolute Gasteiger partial charge is 0.446 e. The molecule has 0 aromatic heterocycles. The van der Waals surface area contributed by atoms with Gasteiger partial charge in [-0.15, -0.1) is 0 Å². The lowest BCUT2D eigenvalue weighted by molar-refractivity contribution is -0.0328. The van der Waals surface area contributed by atoms with Crippen LogP contribution >= 0.6 is 11.8 Å². The van der Waals surface area contributed by atoms with Crippen LogP contribution in [0.15, 0.2) is 47.4 Å². The predicted octanol–water partition coefficient (Wildman–Crippen LogP) is 4.55. The molecule has 0 atom stereocenters. The molecule has 0 fully saturated rings. The van der Waals surface area contributed by atoms with Crippen LogP contribution in [0.2, 0.25) is 0 Å². The normalized spacial score (nSPS) is 11.4. The summed E-state index contributed by atoms with van der Waals surface area (Å²) in [5.41, 5.74) is -4.27. The van der Waals surface area contributed by atoms with Gasteiger partial charge in [0.15, 0.2) is 0 Å². The third kappa shape index (κ3) is 5.52. The average Bonchev–Trinajstić information content (AvgIpc) is 2.45. The van der Waals surface area contributed by atoms with E-state index >= 15 is 0 Å². The Balaban J connectivity index is 2.00. The zero-order valence-corrected chi connectivity index (χ0v) is 13.0. The molecule has 8 heteroatoms. The lowest BCUT2D eigenvalue weighted by Crippen LogP contribution is -2.26. The summed E-state index contributed by atoms with van der Waals surface area (Å²) >= 11 is -0.371. The van der Waals surface area contributed by atoms with Crippen molar-refractivity contribution >= 4 is 17.7 Å². The van der Waals surface area contributed by atoms with Crippen LogP contribution in [0.4, 0.5) is 22.0 Å². The van der Waals surface area contributed by atoms with Crippen molar-refractivity contribution in [2.24, 2.45) is 0 Å². The van der Waals surface area contributed by atoms with Crippen molar-refractivity contribution in [1.29, 1.82) is 0 Å². The summed E-state index contributed by atoms with van der Waals surface area (Å²) in [6, 6.07) is 8.33. The maximum atomic E-state index is 13.1. The predicted molar refractivity (Wildman–Crippen MR) is 80.7 cm³/mol. The molecule has 0 aliphatic heterocycles. The highest BCUT2D eigenvalue weighted by atomic mass is 32.2. The number of rotatable bonds is 5. The number of carbonyl (C=O) groups excluding carboxylic acids is 1. The van der Waals surface area contributed by atoms with Crippen molar-refractivity contribution in [3.05, 3.63) is 65.2 Å². The molecule has 1 amide bonds. The van der Waals surface area contributed by atoms with Crippen molar-refractivity contribution in [2.45, 2.75) is 16.8 Å². The number of alkyl halides is 3. The molecule has 1 N–H and O–H groups in total. The Hall–Kier alpha value is -2.09. The molecule has 0 saturated carbocycles. The van der Waals surface area contributed by atoms with Crippen LogP contribution in [0.5, 0.6) is 0 Å². The van der Waals surface area contributed by atoms with Crippen LogP contribution in [-0.2, 0) is 6.42 Å². The van der Waals surface area contributed by atoms with E-state index in [0.717, 1.165) is 18.2 Å². The van der Waals surface area contributed by atoms with Crippen LogP contribution in [0.1, 0.15) is 15.9 Å². The van der Waals surface area contributed by atoms with Crippen molar-refractivity contribution in [1.82, 2.24) is 5.32 Å². The Bertz CT molecular complexity index is 712. The molecule has 0 heterocycles. The minimum atomic E-state index is -4.50. The van der Waals surface area contributed by atoms with E-state index in [9.17, 15) is 26.7 Å². The summed E-state index contributed by atoms with van der Waals surface area (Å²) in [6.45, 7) is 0.0345. The summed E-state index contributed by atoms with van der Waals surface area (Å²) < 4.78 is 63.6. The van der Waals surface area contributed by atoms with E-state index in [4.69, 9.17) is 0 Å².